The first-order valence-corrected chi connectivity index (χ1v) is 4.84. The molecule has 0 spiro atoms. The first-order chi connectivity index (χ1) is 7.69. The van der Waals surface area contributed by atoms with Gasteiger partial charge in [-0.05, 0) is 17.7 Å². The quantitative estimate of drug-likeness (QED) is 0.781. The highest BCUT2D eigenvalue weighted by Gasteiger charge is 2.08. The van der Waals surface area contributed by atoms with E-state index in [1.807, 2.05) is 0 Å². The third-order valence-corrected chi connectivity index (χ3v) is 1.95. The summed E-state index contributed by atoms with van der Waals surface area (Å²) in [5.41, 5.74) is 0.708. The second kappa shape index (κ2) is 5.82. The van der Waals surface area contributed by atoms with E-state index in [-0.39, 0.29) is 12.5 Å². The van der Waals surface area contributed by atoms with Gasteiger partial charge in [-0.1, -0.05) is 18.7 Å². The largest absolute Gasteiger partial charge is 0.392 e. The standard InChI is InChI=1S/C12H14N2O2/c1-3-4-7-14(10(2)16)12-6-5-11(9-15)8-13-12/h3-8,15H,1,9H2,2H3/b7-4-. The van der Waals surface area contributed by atoms with Crippen molar-refractivity contribution in [2.24, 2.45) is 0 Å². The van der Waals surface area contributed by atoms with Gasteiger partial charge in [-0.15, -0.1) is 0 Å². The second-order valence-corrected chi connectivity index (χ2v) is 3.15. The molecule has 1 aromatic rings. The van der Waals surface area contributed by atoms with Crippen LogP contribution in [0.2, 0.25) is 0 Å². The molecule has 0 radical (unpaired) electrons. The Morgan fingerprint density at radius 2 is 2.38 bits per heavy atom. The van der Waals surface area contributed by atoms with E-state index in [1.54, 1.807) is 30.5 Å². The molecule has 1 heterocycles. The molecule has 0 fully saturated rings. The molecule has 0 aliphatic carbocycles. The molecule has 0 bridgehead atoms. The number of aliphatic hydroxyl groups is 1. The van der Waals surface area contributed by atoms with E-state index in [1.165, 1.54) is 18.0 Å². The fraction of sp³-hybridized carbons (Fsp3) is 0.167. The highest BCUT2D eigenvalue weighted by molar-refractivity contribution is 5.92. The molecule has 1 amide bonds. The number of carbonyl (C=O) groups is 1. The van der Waals surface area contributed by atoms with Gasteiger partial charge in [0, 0.05) is 19.3 Å². The number of anilines is 1. The van der Waals surface area contributed by atoms with E-state index >= 15 is 0 Å². The van der Waals surface area contributed by atoms with Gasteiger partial charge in [-0.3, -0.25) is 9.69 Å². The average molecular weight is 218 g/mol. The fourth-order valence-corrected chi connectivity index (χ4v) is 1.14. The van der Waals surface area contributed by atoms with Crippen LogP contribution in [0.3, 0.4) is 0 Å². The molecule has 1 aromatic heterocycles. The number of rotatable bonds is 4. The smallest absolute Gasteiger partial charge is 0.229 e. The van der Waals surface area contributed by atoms with Gasteiger partial charge in [0.05, 0.1) is 6.61 Å². The Balaban J connectivity index is 2.96. The molecule has 0 atom stereocenters. The molecule has 0 aliphatic heterocycles. The molecule has 1 N–H and O–H groups in total. The van der Waals surface area contributed by atoms with Crippen LogP contribution < -0.4 is 4.90 Å². The topological polar surface area (TPSA) is 53.4 Å². The predicted octanol–water partition coefficient (Wildman–Crippen LogP) is 1.63. The number of aromatic nitrogens is 1. The Bertz CT molecular complexity index is 396. The number of aliphatic hydroxyl groups excluding tert-OH is 1. The number of carbonyl (C=O) groups excluding carboxylic acids is 1. The van der Waals surface area contributed by atoms with Gasteiger partial charge in [0.15, 0.2) is 0 Å². The van der Waals surface area contributed by atoms with E-state index in [0.717, 1.165) is 0 Å². The van der Waals surface area contributed by atoms with Crippen LogP contribution in [0.4, 0.5) is 5.82 Å². The first-order valence-electron chi connectivity index (χ1n) is 4.84. The molecule has 1 rings (SSSR count). The highest BCUT2D eigenvalue weighted by atomic mass is 16.3. The van der Waals surface area contributed by atoms with Gasteiger partial charge in [0.1, 0.15) is 5.82 Å². The van der Waals surface area contributed by atoms with E-state index in [0.29, 0.717) is 11.4 Å². The Labute approximate surface area is 94.5 Å². The monoisotopic (exact) mass is 218 g/mol. The zero-order valence-corrected chi connectivity index (χ0v) is 9.13. The van der Waals surface area contributed by atoms with Crippen molar-refractivity contribution in [1.29, 1.82) is 0 Å². The van der Waals surface area contributed by atoms with Crippen molar-refractivity contribution in [3.63, 3.8) is 0 Å². The summed E-state index contributed by atoms with van der Waals surface area (Å²) >= 11 is 0. The lowest BCUT2D eigenvalue weighted by molar-refractivity contribution is -0.116. The molecular weight excluding hydrogens is 204 g/mol. The maximum Gasteiger partial charge on any atom is 0.229 e. The normalized spacial score (nSPS) is 10.4. The van der Waals surface area contributed by atoms with Crippen molar-refractivity contribution in [2.45, 2.75) is 13.5 Å². The first kappa shape index (κ1) is 12.1. The Hall–Kier alpha value is -1.94. The van der Waals surface area contributed by atoms with E-state index in [4.69, 9.17) is 5.11 Å². The third-order valence-electron chi connectivity index (χ3n) is 1.95. The summed E-state index contributed by atoms with van der Waals surface area (Å²) in [7, 11) is 0. The predicted molar refractivity (Wildman–Crippen MR) is 62.7 cm³/mol. The van der Waals surface area contributed by atoms with Crippen LogP contribution in [0.5, 0.6) is 0 Å². The molecule has 4 nitrogen and oxygen atoms in total. The van der Waals surface area contributed by atoms with Gasteiger partial charge in [0.25, 0.3) is 0 Å². The number of allylic oxidation sites excluding steroid dienone is 2. The molecular formula is C12H14N2O2. The van der Waals surface area contributed by atoms with Crippen molar-refractivity contribution >= 4 is 11.7 Å². The summed E-state index contributed by atoms with van der Waals surface area (Å²) in [6.07, 6.45) is 6.37. The van der Waals surface area contributed by atoms with Crippen LogP contribution in [-0.2, 0) is 11.4 Å². The Morgan fingerprint density at radius 3 is 2.81 bits per heavy atom. The molecule has 0 aliphatic rings. The lowest BCUT2D eigenvalue weighted by Crippen LogP contribution is -2.22. The van der Waals surface area contributed by atoms with Crippen molar-refractivity contribution < 1.29 is 9.90 Å². The van der Waals surface area contributed by atoms with Crippen molar-refractivity contribution in [2.75, 3.05) is 4.90 Å². The van der Waals surface area contributed by atoms with E-state index < -0.39 is 0 Å². The number of hydrogen-bond acceptors (Lipinski definition) is 3. The van der Waals surface area contributed by atoms with Crippen LogP contribution in [0.1, 0.15) is 12.5 Å². The van der Waals surface area contributed by atoms with Gasteiger partial charge in [-0.2, -0.15) is 0 Å². The Kier molecular flexibility index (Phi) is 4.42. The molecule has 16 heavy (non-hydrogen) atoms. The van der Waals surface area contributed by atoms with E-state index in [2.05, 4.69) is 11.6 Å². The number of amides is 1. The zero-order chi connectivity index (χ0) is 12.0. The maximum atomic E-state index is 11.4. The van der Waals surface area contributed by atoms with Crippen LogP contribution in [-0.4, -0.2) is 16.0 Å². The minimum absolute atomic E-state index is 0.0597. The minimum Gasteiger partial charge on any atom is -0.392 e. The average Bonchev–Trinajstić information content (AvgIpc) is 2.30. The van der Waals surface area contributed by atoms with Crippen molar-refractivity contribution in [3.8, 4) is 0 Å². The van der Waals surface area contributed by atoms with Crippen molar-refractivity contribution in [1.82, 2.24) is 4.98 Å². The van der Waals surface area contributed by atoms with Gasteiger partial charge in [0.2, 0.25) is 5.91 Å². The van der Waals surface area contributed by atoms with Crippen LogP contribution in [0, 0.1) is 0 Å². The van der Waals surface area contributed by atoms with Crippen LogP contribution in [0.25, 0.3) is 0 Å². The van der Waals surface area contributed by atoms with Crippen LogP contribution in [0.15, 0.2) is 43.3 Å². The molecule has 0 saturated heterocycles. The molecule has 0 aromatic carbocycles. The second-order valence-electron chi connectivity index (χ2n) is 3.15. The molecule has 0 unspecified atom stereocenters. The summed E-state index contributed by atoms with van der Waals surface area (Å²) in [6, 6.07) is 3.40. The molecule has 84 valence electrons. The summed E-state index contributed by atoms with van der Waals surface area (Å²) in [5, 5.41) is 8.87. The lowest BCUT2D eigenvalue weighted by Gasteiger charge is -2.14. The Morgan fingerprint density at radius 1 is 1.62 bits per heavy atom. The minimum atomic E-state index is -0.137. The van der Waals surface area contributed by atoms with Crippen molar-refractivity contribution in [3.05, 3.63) is 48.8 Å². The van der Waals surface area contributed by atoms with E-state index in [9.17, 15) is 4.79 Å². The zero-order valence-electron chi connectivity index (χ0n) is 9.13. The van der Waals surface area contributed by atoms with Crippen LogP contribution >= 0.6 is 0 Å². The summed E-state index contributed by atoms with van der Waals surface area (Å²) in [5.74, 6) is 0.380. The van der Waals surface area contributed by atoms with Gasteiger partial charge in [-0.25, -0.2) is 4.98 Å². The summed E-state index contributed by atoms with van der Waals surface area (Å²) < 4.78 is 0. The summed E-state index contributed by atoms with van der Waals surface area (Å²) in [6.45, 7) is 4.93. The fourth-order valence-electron chi connectivity index (χ4n) is 1.14. The lowest BCUT2D eigenvalue weighted by atomic mass is 10.3. The summed E-state index contributed by atoms with van der Waals surface area (Å²) in [4.78, 5) is 16.8. The molecule has 0 saturated carbocycles. The SMILES string of the molecule is C=C/C=C\N(C(C)=O)c1ccc(CO)cn1. The number of nitrogens with zero attached hydrogens (tertiary/aromatic N) is 2. The van der Waals surface area contributed by atoms with Gasteiger partial charge < -0.3 is 5.11 Å². The highest BCUT2D eigenvalue weighted by Crippen LogP contribution is 2.12. The third kappa shape index (κ3) is 3.03. The maximum absolute atomic E-state index is 11.4. The number of pyridine rings is 1. The molecule has 4 heteroatoms. The van der Waals surface area contributed by atoms with Gasteiger partial charge >= 0.3 is 0 Å². The number of hydrogen-bond donors (Lipinski definition) is 1.